The lowest BCUT2D eigenvalue weighted by molar-refractivity contribution is 0.644. The van der Waals surface area contributed by atoms with Gasteiger partial charge in [0.25, 0.3) is 0 Å². The maximum absolute atomic E-state index is 6.26. The molecule has 0 spiro atoms. The quantitative estimate of drug-likeness (QED) is 0.561. The molecule has 0 saturated carbocycles. The molecule has 4 heteroatoms. The van der Waals surface area contributed by atoms with E-state index in [0.29, 0.717) is 17.0 Å². The van der Waals surface area contributed by atoms with Crippen LogP contribution in [0.4, 0.5) is 0 Å². The number of aromatic nitrogens is 2. The highest BCUT2D eigenvalue weighted by atomic mass is 127. The summed E-state index contributed by atoms with van der Waals surface area (Å²) in [4.78, 5) is 9.23. The van der Waals surface area contributed by atoms with Crippen LogP contribution >= 0.6 is 34.2 Å². The van der Waals surface area contributed by atoms with Gasteiger partial charge in [-0.3, -0.25) is 0 Å². The summed E-state index contributed by atoms with van der Waals surface area (Å²) in [5.41, 5.74) is 3.80. The lowest BCUT2D eigenvalue weighted by Crippen LogP contribution is -2.21. The zero-order valence-electron chi connectivity index (χ0n) is 10.8. The number of hydrogen-bond donors (Lipinski definition) is 0. The molecule has 0 fully saturated rings. The Bertz CT molecular complexity index is 640. The van der Waals surface area contributed by atoms with Crippen LogP contribution in [0.3, 0.4) is 0 Å². The first-order valence-corrected chi connectivity index (χ1v) is 7.84. The van der Waals surface area contributed by atoms with Crippen LogP contribution in [0, 0.1) is 3.57 Å². The van der Waals surface area contributed by atoms with E-state index in [9.17, 15) is 0 Å². The van der Waals surface area contributed by atoms with Gasteiger partial charge in [0.05, 0.1) is 9.26 Å². The summed E-state index contributed by atoms with van der Waals surface area (Å²) in [6.07, 6.45) is 1.02. The van der Waals surface area contributed by atoms with Crippen LogP contribution in [0.15, 0.2) is 24.3 Å². The van der Waals surface area contributed by atoms with Crippen LogP contribution in [0.25, 0.3) is 0 Å². The first-order chi connectivity index (χ1) is 9.08. The van der Waals surface area contributed by atoms with E-state index in [4.69, 9.17) is 16.6 Å². The van der Waals surface area contributed by atoms with Gasteiger partial charge in [0.2, 0.25) is 0 Å². The molecule has 0 bridgehead atoms. The van der Waals surface area contributed by atoms with Gasteiger partial charge in [0.1, 0.15) is 11.0 Å². The Kier molecular flexibility index (Phi) is 3.52. The van der Waals surface area contributed by atoms with Crippen LogP contribution in [-0.2, 0) is 6.42 Å². The molecule has 0 amide bonds. The molecule has 2 aromatic rings. The van der Waals surface area contributed by atoms with Gasteiger partial charge in [-0.2, -0.15) is 0 Å². The monoisotopic (exact) mass is 384 g/mol. The smallest absolute Gasteiger partial charge is 0.146 e. The van der Waals surface area contributed by atoms with Crippen molar-refractivity contribution in [3.05, 3.63) is 55.6 Å². The highest BCUT2D eigenvalue weighted by Gasteiger charge is 2.30. The summed E-state index contributed by atoms with van der Waals surface area (Å²) in [6, 6.07) is 8.48. The molecule has 1 atom stereocenters. The number of rotatable bonds is 2. The Morgan fingerprint density at radius 2 is 2.00 bits per heavy atom. The lowest BCUT2D eigenvalue weighted by Gasteiger charge is -2.29. The molecule has 1 aliphatic rings. The summed E-state index contributed by atoms with van der Waals surface area (Å²) in [5.74, 6) is 1.54. The van der Waals surface area contributed by atoms with Gasteiger partial charge in [0.15, 0.2) is 0 Å². The Morgan fingerprint density at radius 1 is 1.26 bits per heavy atom. The molecule has 0 aliphatic heterocycles. The molecule has 1 unspecified atom stereocenters. The normalized spacial score (nSPS) is 17.2. The molecule has 1 aliphatic carbocycles. The first kappa shape index (κ1) is 13.3. The molecule has 1 heterocycles. The Balaban J connectivity index is 2.04. The Hall–Kier alpha value is -0.680. The van der Waals surface area contributed by atoms with E-state index in [1.54, 1.807) is 0 Å². The zero-order valence-corrected chi connectivity index (χ0v) is 13.7. The van der Waals surface area contributed by atoms with Crippen LogP contribution in [0.1, 0.15) is 48.3 Å². The standard InChI is InChI=1S/C15H14ClIN2/c1-8(2)13-12(17)14(16)19-15(18-13)11-7-9-5-3-4-6-10(9)11/h3-6,8,11H,7H2,1-2H3. The maximum Gasteiger partial charge on any atom is 0.146 e. The molecular formula is C15H14ClIN2. The third kappa shape index (κ3) is 2.27. The van der Waals surface area contributed by atoms with Crippen molar-refractivity contribution in [2.75, 3.05) is 0 Å². The zero-order chi connectivity index (χ0) is 13.6. The van der Waals surface area contributed by atoms with Crippen molar-refractivity contribution in [1.82, 2.24) is 9.97 Å². The number of hydrogen-bond acceptors (Lipinski definition) is 2. The summed E-state index contributed by atoms with van der Waals surface area (Å²) >= 11 is 8.49. The van der Waals surface area contributed by atoms with E-state index in [0.717, 1.165) is 21.5 Å². The predicted octanol–water partition coefficient (Wildman–Crippen LogP) is 4.55. The fraction of sp³-hybridized carbons (Fsp3) is 0.333. The third-order valence-corrected chi connectivity index (χ3v) is 5.22. The van der Waals surface area contributed by atoms with Crippen LogP contribution in [0.2, 0.25) is 5.15 Å². The fourth-order valence-corrected chi connectivity index (χ4v) is 3.53. The molecule has 1 aromatic carbocycles. The minimum atomic E-state index is 0.309. The van der Waals surface area contributed by atoms with Gasteiger partial charge >= 0.3 is 0 Å². The predicted molar refractivity (Wildman–Crippen MR) is 85.8 cm³/mol. The second-order valence-corrected chi connectivity index (χ2v) is 6.62. The summed E-state index contributed by atoms with van der Waals surface area (Å²) < 4.78 is 0.977. The number of nitrogens with zero attached hydrogens (tertiary/aromatic N) is 2. The van der Waals surface area contributed by atoms with Gasteiger partial charge in [-0.1, -0.05) is 49.7 Å². The average Bonchev–Trinajstić information content (AvgIpc) is 2.34. The van der Waals surface area contributed by atoms with Crippen molar-refractivity contribution in [2.45, 2.75) is 32.1 Å². The molecule has 2 nitrogen and oxygen atoms in total. The maximum atomic E-state index is 6.26. The third-order valence-electron chi connectivity index (χ3n) is 3.57. The lowest BCUT2D eigenvalue weighted by atomic mass is 9.77. The van der Waals surface area contributed by atoms with Crippen molar-refractivity contribution < 1.29 is 0 Å². The van der Waals surface area contributed by atoms with Gasteiger partial charge in [-0.25, -0.2) is 9.97 Å². The molecule has 3 rings (SSSR count). The second-order valence-electron chi connectivity index (χ2n) is 5.18. The van der Waals surface area contributed by atoms with Gasteiger partial charge in [0, 0.05) is 5.92 Å². The molecule has 19 heavy (non-hydrogen) atoms. The van der Waals surface area contributed by atoms with Gasteiger partial charge in [-0.05, 0) is 46.1 Å². The van der Waals surface area contributed by atoms with Crippen molar-refractivity contribution >= 4 is 34.2 Å². The fourth-order valence-electron chi connectivity index (χ4n) is 2.48. The molecular weight excluding hydrogens is 371 g/mol. The van der Waals surface area contributed by atoms with Crippen LogP contribution in [-0.4, -0.2) is 9.97 Å². The van der Waals surface area contributed by atoms with E-state index in [2.05, 4.69) is 65.7 Å². The molecule has 0 N–H and O–H groups in total. The molecule has 98 valence electrons. The largest absolute Gasteiger partial charge is 0.236 e. The van der Waals surface area contributed by atoms with Crippen molar-refractivity contribution in [1.29, 1.82) is 0 Å². The van der Waals surface area contributed by atoms with E-state index in [1.807, 2.05) is 0 Å². The summed E-state index contributed by atoms with van der Waals surface area (Å²) in [5, 5.41) is 0.582. The van der Waals surface area contributed by atoms with Gasteiger partial charge < -0.3 is 0 Å². The highest BCUT2D eigenvalue weighted by Crippen LogP contribution is 2.39. The number of halogens is 2. The van der Waals surface area contributed by atoms with Crippen molar-refractivity contribution in [3.63, 3.8) is 0 Å². The van der Waals surface area contributed by atoms with Gasteiger partial charge in [-0.15, -0.1) is 0 Å². The Labute approximate surface area is 131 Å². The van der Waals surface area contributed by atoms with Crippen LogP contribution < -0.4 is 0 Å². The van der Waals surface area contributed by atoms with E-state index >= 15 is 0 Å². The Morgan fingerprint density at radius 3 is 2.68 bits per heavy atom. The summed E-state index contributed by atoms with van der Waals surface area (Å²) in [6.45, 7) is 4.28. The molecule has 0 saturated heterocycles. The first-order valence-electron chi connectivity index (χ1n) is 6.38. The average molecular weight is 385 g/mol. The number of benzene rings is 1. The SMILES string of the molecule is CC(C)c1nc(C2Cc3ccccc32)nc(Cl)c1I. The van der Waals surface area contributed by atoms with E-state index in [1.165, 1.54) is 11.1 Å². The summed E-state index contributed by atoms with van der Waals surface area (Å²) in [7, 11) is 0. The molecule has 0 radical (unpaired) electrons. The van der Waals surface area contributed by atoms with Crippen LogP contribution in [0.5, 0.6) is 0 Å². The van der Waals surface area contributed by atoms with Crippen molar-refractivity contribution in [2.24, 2.45) is 0 Å². The van der Waals surface area contributed by atoms with Crippen molar-refractivity contribution in [3.8, 4) is 0 Å². The second kappa shape index (κ2) is 5.02. The van der Waals surface area contributed by atoms with E-state index < -0.39 is 0 Å². The molecule has 1 aromatic heterocycles. The van der Waals surface area contributed by atoms with E-state index in [-0.39, 0.29) is 0 Å². The highest BCUT2D eigenvalue weighted by molar-refractivity contribution is 14.1. The minimum Gasteiger partial charge on any atom is -0.236 e. The number of fused-ring (bicyclic) bond motifs is 1. The topological polar surface area (TPSA) is 25.8 Å². The minimum absolute atomic E-state index is 0.309.